The van der Waals surface area contributed by atoms with Crippen LogP contribution in [0.3, 0.4) is 0 Å². The largest absolute Gasteiger partial charge is 0.356 e. The highest BCUT2D eigenvalue weighted by Gasteiger charge is 2.28. The zero-order valence-corrected chi connectivity index (χ0v) is 17.1. The molecule has 3 rings (SSSR count). The highest BCUT2D eigenvalue weighted by Crippen LogP contribution is 2.32. The van der Waals surface area contributed by atoms with Crippen LogP contribution in [0.1, 0.15) is 83.5 Å². The van der Waals surface area contributed by atoms with Crippen LogP contribution in [0.2, 0.25) is 0 Å². The Morgan fingerprint density at radius 1 is 0.962 bits per heavy atom. The molecule has 1 aliphatic rings. The van der Waals surface area contributed by atoms with Crippen molar-refractivity contribution in [2.45, 2.75) is 78.1 Å². The monoisotopic (exact) mass is 357 g/mol. The lowest BCUT2D eigenvalue weighted by molar-refractivity contribution is 0.327. The molecule has 6 heteroatoms. The molecule has 0 spiro atoms. The first-order valence-electron chi connectivity index (χ1n) is 9.49. The van der Waals surface area contributed by atoms with Gasteiger partial charge in [-0.15, -0.1) is 0 Å². The van der Waals surface area contributed by atoms with Crippen LogP contribution in [0.5, 0.6) is 0 Å². The Morgan fingerprint density at radius 2 is 1.62 bits per heavy atom. The Balaban J connectivity index is 1.83. The fraction of sp³-hybridized carbons (Fsp3) is 0.700. The first-order chi connectivity index (χ1) is 12.0. The van der Waals surface area contributed by atoms with Crippen LogP contribution in [0.15, 0.2) is 10.6 Å². The molecular weight excluding hydrogens is 326 g/mol. The van der Waals surface area contributed by atoms with Crippen molar-refractivity contribution in [3.8, 4) is 0 Å². The lowest BCUT2D eigenvalue weighted by Gasteiger charge is -2.33. The normalized spacial score (nSPS) is 17.0. The summed E-state index contributed by atoms with van der Waals surface area (Å²) in [6.45, 7) is 16.9. The third kappa shape index (κ3) is 4.05. The summed E-state index contributed by atoms with van der Waals surface area (Å²) in [5.41, 5.74) is 1.02. The Kier molecular flexibility index (Phi) is 4.80. The van der Waals surface area contributed by atoms with Crippen molar-refractivity contribution in [2.75, 3.05) is 18.0 Å². The van der Waals surface area contributed by atoms with Gasteiger partial charge >= 0.3 is 0 Å². The minimum absolute atomic E-state index is 0.00268. The molecule has 0 aromatic carbocycles. The SMILES string of the molecule is Cc1noc(C2CCN(c3cc(C(C)(C)C)nc(C(C)(C)C)n3)CC2)n1. The molecule has 1 saturated heterocycles. The lowest BCUT2D eigenvalue weighted by atomic mass is 9.90. The maximum Gasteiger partial charge on any atom is 0.229 e. The van der Waals surface area contributed by atoms with E-state index in [2.05, 4.69) is 62.6 Å². The zero-order chi connectivity index (χ0) is 19.1. The standard InChI is InChI=1S/C20H31N5O/c1-13-21-17(26-24-13)14-8-10-25(11-9-14)16-12-15(19(2,3)4)22-18(23-16)20(5,6)7/h12,14H,8-11H2,1-7H3. The maximum atomic E-state index is 5.37. The van der Waals surface area contributed by atoms with Gasteiger partial charge in [0.1, 0.15) is 11.6 Å². The van der Waals surface area contributed by atoms with Gasteiger partial charge in [0.25, 0.3) is 0 Å². The van der Waals surface area contributed by atoms with E-state index in [1.807, 2.05) is 6.92 Å². The Bertz CT molecular complexity index is 729. The third-order valence-electron chi connectivity index (χ3n) is 4.86. The predicted octanol–water partition coefficient (Wildman–Crippen LogP) is 4.15. The molecule has 6 nitrogen and oxygen atoms in total. The van der Waals surface area contributed by atoms with E-state index in [1.165, 1.54) is 0 Å². The second-order valence-electron chi connectivity index (χ2n) is 9.38. The highest BCUT2D eigenvalue weighted by molar-refractivity contribution is 5.43. The molecule has 3 heterocycles. The van der Waals surface area contributed by atoms with E-state index in [9.17, 15) is 0 Å². The molecule has 0 atom stereocenters. The molecule has 1 fully saturated rings. The molecule has 0 unspecified atom stereocenters. The van der Waals surface area contributed by atoms with Crippen molar-refractivity contribution in [3.63, 3.8) is 0 Å². The number of hydrogen-bond donors (Lipinski definition) is 0. The van der Waals surface area contributed by atoms with E-state index >= 15 is 0 Å². The topological polar surface area (TPSA) is 67.9 Å². The minimum Gasteiger partial charge on any atom is -0.356 e. The van der Waals surface area contributed by atoms with E-state index in [-0.39, 0.29) is 10.8 Å². The predicted molar refractivity (Wildman–Crippen MR) is 103 cm³/mol. The average Bonchev–Trinajstić information content (AvgIpc) is 2.99. The second-order valence-corrected chi connectivity index (χ2v) is 9.38. The summed E-state index contributed by atoms with van der Waals surface area (Å²) >= 11 is 0. The van der Waals surface area contributed by atoms with Crippen molar-refractivity contribution >= 4 is 5.82 Å². The third-order valence-corrected chi connectivity index (χ3v) is 4.86. The molecule has 0 N–H and O–H groups in total. The number of nitrogens with zero attached hydrogens (tertiary/aromatic N) is 5. The number of aryl methyl sites for hydroxylation is 1. The van der Waals surface area contributed by atoms with Gasteiger partial charge in [0.05, 0.1) is 5.69 Å². The summed E-state index contributed by atoms with van der Waals surface area (Å²) < 4.78 is 5.37. The van der Waals surface area contributed by atoms with Gasteiger partial charge in [0.15, 0.2) is 5.82 Å². The van der Waals surface area contributed by atoms with Gasteiger partial charge in [-0.1, -0.05) is 46.7 Å². The molecule has 0 amide bonds. The van der Waals surface area contributed by atoms with Gasteiger partial charge in [0, 0.05) is 35.9 Å². The van der Waals surface area contributed by atoms with Gasteiger partial charge in [-0.25, -0.2) is 9.97 Å². The van der Waals surface area contributed by atoms with Crippen LogP contribution in [0.25, 0.3) is 0 Å². The summed E-state index contributed by atoms with van der Waals surface area (Å²) in [5, 5.41) is 3.93. The molecule has 2 aromatic heterocycles. The molecule has 1 aliphatic heterocycles. The second kappa shape index (κ2) is 6.63. The summed E-state index contributed by atoms with van der Waals surface area (Å²) in [6, 6.07) is 2.16. The first kappa shape index (κ1) is 18.8. The summed E-state index contributed by atoms with van der Waals surface area (Å²) in [7, 11) is 0. The fourth-order valence-corrected chi connectivity index (χ4v) is 3.15. The van der Waals surface area contributed by atoms with Crippen LogP contribution >= 0.6 is 0 Å². The van der Waals surface area contributed by atoms with Crippen molar-refractivity contribution in [3.05, 3.63) is 29.3 Å². The van der Waals surface area contributed by atoms with Crippen molar-refractivity contribution < 1.29 is 4.52 Å². The maximum absolute atomic E-state index is 5.37. The van der Waals surface area contributed by atoms with Crippen LogP contribution in [-0.4, -0.2) is 33.2 Å². The van der Waals surface area contributed by atoms with Gasteiger partial charge in [-0.3, -0.25) is 0 Å². The summed E-state index contributed by atoms with van der Waals surface area (Å²) in [5.74, 6) is 3.78. The number of hydrogen-bond acceptors (Lipinski definition) is 6. The van der Waals surface area contributed by atoms with Crippen LogP contribution in [0, 0.1) is 6.92 Å². The van der Waals surface area contributed by atoms with E-state index in [4.69, 9.17) is 14.5 Å². The van der Waals surface area contributed by atoms with Crippen molar-refractivity contribution in [2.24, 2.45) is 0 Å². The molecule has 0 saturated carbocycles. The average molecular weight is 358 g/mol. The van der Waals surface area contributed by atoms with Gasteiger partial charge in [-0.05, 0) is 19.8 Å². The minimum atomic E-state index is -0.0738. The van der Waals surface area contributed by atoms with E-state index in [0.717, 1.165) is 49.2 Å². The fourth-order valence-electron chi connectivity index (χ4n) is 3.15. The number of anilines is 1. The van der Waals surface area contributed by atoms with Crippen molar-refractivity contribution in [1.82, 2.24) is 20.1 Å². The molecule has 26 heavy (non-hydrogen) atoms. The summed E-state index contributed by atoms with van der Waals surface area (Å²) in [6.07, 6.45) is 2.00. The van der Waals surface area contributed by atoms with E-state index < -0.39 is 0 Å². The Morgan fingerprint density at radius 3 is 2.12 bits per heavy atom. The van der Waals surface area contributed by atoms with Crippen molar-refractivity contribution in [1.29, 1.82) is 0 Å². The Hall–Kier alpha value is -1.98. The van der Waals surface area contributed by atoms with Crippen LogP contribution in [-0.2, 0) is 10.8 Å². The molecule has 0 radical (unpaired) electrons. The molecule has 2 aromatic rings. The zero-order valence-electron chi connectivity index (χ0n) is 17.1. The number of rotatable bonds is 2. The van der Waals surface area contributed by atoms with E-state index in [0.29, 0.717) is 11.7 Å². The van der Waals surface area contributed by atoms with Crippen LogP contribution in [0.4, 0.5) is 5.82 Å². The first-order valence-corrected chi connectivity index (χ1v) is 9.49. The van der Waals surface area contributed by atoms with Gasteiger partial charge in [-0.2, -0.15) is 4.98 Å². The Labute approximate surface area is 156 Å². The summed E-state index contributed by atoms with van der Waals surface area (Å²) in [4.78, 5) is 16.5. The van der Waals surface area contributed by atoms with Gasteiger partial charge in [0.2, 0.25) is 5.89 Å². The molecule has 0 bridgehead atoms. The molecule has 142 valence electrons. The number of piperidine rings is 1. The highest BCUT2D eigenvalue weighted by atomic mass is 16.5. The molecular formula is C20H31N5O. The lowest BCUT2D eigenvalue weighted by Crippen LogP contribution is -2.35. The quantitative estimate of drug-likeness (QED) is 0.804. The number of aromatic nitrogens is 4. The smallest absolute Gasteiger partial charge is 0.229 e. The van der Waals surface area contributed by atoms with E-state index in [1.54, 1.807) is 0 Å². The van der Waals surface area contributed by atoms with Crippen LogP contribution < -0.4 is 4.90 Å². The van der Waals surface area contributed by atoms with Gasteiger partial charge < -0.3 is 9.42 Å². The molecule has 0 aliphatic carbocycles.